The van der Waals surface area contributed by atoms with Gasteiger partial charge in [0.15, 0.2) is 15.3 Å². The summed E-state index contributed by atoms with van der Waals surface area (Å²) in [6.07, 6.45) is 0.943. The highest BCUT2D eigenvalue weighted by atomic mass is 32.3. The van der Waals surface area contributed by atoms with Crippen LogP contribution in [0.4, 0.5) is 5.69 Å². The third-order valence-corrected chi connectivity index (χ3v) is 7.28. The summed E-state index contributed by atoms with van der Waals surface area (Å²) in [6.45, 7) is 0.614. The Bertz CT molecular complexity index is 906. The molecule has 7 heteroatoms. The van der Waals surface area contributed by atoms with Gasteiger partial charge < -0.3 is 14.6 Å². The van der Waals surface area contributed by atoms with Crippen LogP contribution < -0.4 is 10.1 Å². The van der Waals surface area contributed by atoms with Crippen LogP contribution in [0.15, 0.2) is 53.4 Å². The molecule has 1 amide bonds. The number of carbonyl (C=O) groups is 1. The van der Waals surface area contributed by atoms with Crippen molar-refractivity contribution < 1.29 is 18.3 Å². The number of piperidine rings is 1. The fourth-order valence-corrected chi connectivity index (χ4v) is 5.37. The summed E-state index contributed by atoms with van der Waals surface area (Å²) in [5.41, 5.74) is 1.18. The number of amides is 1. The van der Waals surface area contributed by atoms with E-state index in [1.807, 2.05) is 24.3 Å². The second-order valence-corrected chi connectivity index (χ2v) is 8.60. The van der Waals surface area contributed by atoms with Gasteiger partial charge in [0.25, 0.3) is 0 Å². The van der Waals surface area contributed by atoms with Gasteiger partial charge in [-0.25, -0.2) is 0 Å². The molecule has 2 aliphatic rings. The van der Waals surface area contributed by atoms with Crippen LogP contribution in [0, 0.1) is 0 Å². The van der Waals surface area contributed by atoms with Crippen LogP contribution in [-0.2, 0) is 24.8 Å². The lowest BCUT2D eigenvalue weighted by atomic mass is 9.74. The van der Waals surface area contributed by atoms with Crippen molar-refractivity contribution in [3.8, 4) is 5.75 Å². The number of ether oxygens (including phenoxy) is 1. The molecule has 1 spiro atoms. The van der Waals surface area contributed by atoms with E-state index in [2.05, 4.69) is 5.32 Å². The Hall–Kier alpha value is -2.22. The molecule has 2 aliphatic heterocycles. The molecule has 0 aromatic heterocycles. The topological polar surface area (TPSA) is 81.7 Å². The molecule has 1 atom stereocenters. The van der Waals surface area contributed by atoms with E-state index in [0.717, 1.165) is 11.3 Å². The average molecular weight is 372 g/mol. The maximum absolute atomic E-state index is 13.0. The van der Waals surface area contributed by atoms with Gasteiger partial charge in [-0.2, -0.15) is 0 Å². The molecule has 2 aromatic carbocycles. The van der Waals surface area contributed by atoms with Crippen LogP contribution >= 0.6 is 0 Å². The maximum atomic E-state index is 13.0. The number of para-hydroxylation sites is 1. The van der Waals surface area contributed by atoms with Crippen molar-refractivity contribution in [2.24, 2.45) is 0 Å². The number of fused-ring (bicyclic) bond motifs is 2. The zero-order valence-corrected chi connectivity index (χ0v) is 15.3. The van der Waals surface area contributed by atoms with Gasteiger partial charge >= 0.3 is 0 Å². The third kappa shape index (κ3) is 2.55. The zero-order valence-electron chi connectivity index (χ0n) is 14.4. The Balaban J connectivity index is 1.59. The number of benzene rings is 2. The van der Waals surface area contributed by atoms with Gasteiger partial charge in [0, 0.05) is 24.8 Å². The number of nitrogens with one attached hydrogen (secondary N) is 1. The SMILES string of the molecule is COc1cccc([S+](=O)([O-])N2CCC3(CC2)C(=O)Nc2ccccc23)c1. The fraction of sp³-hybridized carbons (Fsp3) is 0.316. The van der Waals surface area contributed by atoms with Crippen LogP contribution in [0.1, 0.15) is 18.4 Å². The average Bonchev–Trinajstić information content (AvgIpc) is 2.94. The number of sulfonamides is 1. The molecular formula is C19H20N2O4S. The quantitative estimate of drug-likeness (QED) is 0.840. The van der Waals surface area contributed by atoms with Gasteiger partial charge in [0.05, 0.1) is 12.5 Å². The smallest absolute Gasteiger partial charge is 0.235 e. The van der Waals surface area contributed by atoms with Crippen LogP contribution in [0.3, 0.4) is 0 Å². The van der Waals surface area contributed by atoms with E-state index in [9.17, 15) is 13.6 Å². The van der Waals surface area contributed by atoms with Crippen molar-refractivity contribution in [2.45, 2.75) is 23.2 Å². The Kier molecular flexibility index (Phi) is 4.10. The normalized spacial score (nSPS) is 21.1. The number of nitrogens with zero attached hydrogens (tertiary/aromatic N) is 1. The van der Waals surface area contributed by atoms with E-state index < -0.39 is 15.8 Å². The molecule has 1 N–H and O–H groups in total. The summed E-state index contributed by atoms with van der Waals surface area (Å²) < 4.78 is 32.5. The van der Waals surface area contributed by atoms with Crippen molar-refractivity contribution in [2.75, 3.05) is 25.5 Å². The van der Waals surface area contributed by atoms with Gasteiger partial charge in [-0.15, -0.1) is 4.31 Å². The van der Waals surface area contributed by atoms with E-state index in [4.69, 9.17) is 4.74 Å². The van der Waals surface area contributed by atoms with Gasteiger partial charge in [0.2, 0.25) is 5.91 Å². The summed E-state index contributed by atoms with van der Waals surface area (Å²) in [4.78, 5) is 12.8. The molecule has 4 rings (SSSR count). The first-order chi connectivity index (χ1) is 12.5. The van der Waals surface area contributed by atoms with Crippen molar-refractivity contribution in [3.63, 3.8) is 0 Å². The Morgan fingerprint density at radius 1 is 1.15 bits per heavy atom. The molecule has 1 fully saturated rings. The Morgan fingerprint density at radius 2 is 1.88 bits per heavy atom. The van der Waals surface area contributed by atoms with Gasteiger partial charge in [0.1, 0.15) is 5.75 Å². The van der Waals surface area contributed by atoms with E-state index >= 15 is 0 Å². The number of methoxy groups -OCH3 is 1. The minimum Gasteiger partial charge on any atom is -0.593 e. The van der Waals surface area contributed by atoms with E-state index in [0.29, 0.717) is 31.7 Å². The third-order valence-electron chi connectivity index (χ3n) is 5.38. The number of rotatable bonds is 3. The number of anilines is 1. The molecule has 2 aromatic rings. The molecule has 26 heavy (non-hydrogen) atoms. The minimum absolute atomic E-state index is 0.0304. The number of carbonyl (C=O) groups excluding carboxylic acids is 1. The first kappa shape index (κ1) is 17.2. The second kappa shape index (κ2) is 6.19. The number of hydrogen-bond donors (Lipinski definition) is 1. The summed E-state index contributed by atoms with van der Waals surface area (Å²) in [7, 11) is -2.11. The first-order valence-electron chi connectivity index (χ1n) is 8.52. The Morgan fingerprint density at radius 3 is 2.62 bits per heavy atom. The summed E-state index contributed by atoms with van der Waals surface area (Å²) in [5.74, 6) is 0.473. The van der Waals surface area contributed by atoms with Gasteiger partial charge in [-0.3, -0.25) is 4.79 Å². The lowest BCUT2D eigenvalue weighted by Crippen LogP contribution is -2.50. The molecular weight excluding hydrogens is 352 g/mol. The van der Waals surface area contributed by atoms with Crippen LogP contribution in [0.2, 0.25) is 0 Å². The molecule has 0 radical (unpaired) electrons. The second-order valence-electron chi connectivity index (χ2n) is 6.66. The molecule has 0 saturated carbocycles. The maximum Gasteiger partial charge on any atom is 0.235 e. The van der Waals surface area contributed by atoms with Crippen molar-refractivity contribution in [1.82, 2.24) is 4.31 Å². The molecule has 1 saturated heterocycles. The van der Waals surface area contributed by atoms with Crippen molar-refractivity contribution in [3.05, 3.63) is 54.1 Å². The molecule has 2 heterocycles. The predicted molar refractivity (Wildman–Crippen MR) is 97.6 cm³/mol. The van der Waals surface area contributed by atoms with Gasteiger partial charge in [-0.05, 0) is 36.6 Å². The van der Waals surface area contributed by atoms with Crippen LogP contribution in [0.5, 0.6) is 5.75 Å². The highest BCUT2D eigenvalue weighted by molar-refractivity contribution is 7.95. The lowest BCUT2D eigenvalue weighted by Gasteiger charge is -2.38. The van der Waals surface area contributed by atoms with E-state index in [-0.39, 0.29) is 10.8 Å². The molecule has 1 unspecified atom stereocenters. The van der Waals surface area contributed by atoms with Crippen LogP contribution in [0.25, 0.3) is 0 Å². The number of hydrogen-bond acceptors (Lipinski definition) is 4. The monoisotopic (exact) mass is 372 g/mol. The standard InChI is InChI=1S/C19H20N2O4S/c1-25-14-5-4-6-15(13-14)26(23,24)21-11-9-19(10-12-21)16-7-2-3-8-17(16)20-18(19)22/h2-8,13H,9-12H2,1H3,(H-,20,22,23,24). The predicted octanol–water partition coefficient (Wildman–Crippen LogP) is 2.58. The Labute approximate surface area is 153 Å². The zero-order chi connectivity index (χ0) is 18.4. The van der Waals surface area contributed by atoms with Crippen LogP contribution in [-0.4, -0.2) is 35.0 Å². The molecule has 0 aliphatic carbocycles. The summed E-state index contributed by atoms with van der Waals surface area (Å²) in [6, 6.07) is 14.1. The lowest BCUT2D eigenvalue weighted by molar-refractivity contribution is -0.122. The highest BCUT2D eigenvalue weighted by Gasteiger charge is 2.50. The molecule has 6 nitrogen and oxygen atoms in total. The van der Waals surface area contributed by atoms with E-state index in [1.54, 1.807) is 18.2 Å². The summed E-state index contributed by atoms with van der Waals surface area (Å²) in [5, 5.41) is 2.93. The first-order valence-corrected chi connectivity index (χ1v) is 9.96. The van der Waals surface area contributed by atoms with Crippen molar-refractivity contribution >= 4 is 22.0 Å². The molecule has 136 valence electrons. The molecule has 0 bridgehead atoms. The highest BCUT2D eigenvalue weighted by Crippen LogP contribution is 2.45. The fourth-order valence-electron chi connectivity index (χ4n) is 3.89. The summed E-state index contributed by atoms with van der Waals surface area (Å²) >= 11 is 0. The van der Waals surface area contributed by atoms with Crippen molar-refractivity contribution in [1.29, 1.82) is 0 Å². The van der Waals surface area contributed by atoms with Gasteiger partial charge in [-0.1, -0.05) is 28.5 Å². The van der Waals surface area contributed by atoms with E-state index in [1.165, 1.54) is 17.5 Å². The minimum atomic E-state index is -3.61. The largest absolute Gasteiger partial charge is 0.593 e.